The summed E-state index contributed by atoms with van der Waals surface area (Å²) in [5.74, 6) is 2.57. The van der Waals surface area contributed by atoms with Crippen molar-refractivity contribution in [3.8, 4) is 0 Å². The van der Waals surface area contributed by atoms with Crippen LogP contribution < -0.4 is 5.32 Å². The largest absolute Gasteiger partial charge is 0.313 e. The Bertz CT molecular complexity index is 296. The van der Waals surface area contributed by atoms with Crippen LogP contribution in [0.5, 0.6) is 0 Å². The van der Waals surface area contributed by atoms with Gasteiger partial charge in [0.15, 0.2) is 0 Å². The molecule has 0 bridgehead atoms. The fourth-order valence-electron chi connectivity index (χ4n) is 1.67. The third-order valence-corrected chi connectivity index (χ3v) is 3.95. The molecule has 1 aliphatic rings. The maximum atomic E-state index is 5.72. The lowest BCUT2D eigenvalue weighted by Crippen LogP contribution is -2.30. The minimum absolute atomic E-state index is 0.568. The van der Waals surface area contributed by atoms with Crippen LogP contribution in [0.3, 0.4) is 0 Å². The number of nitrogens with one attached hydrogen (secondary N) is 1. The first kappa shape index (κ1) is 11.2. The Balaban J connectivity index is 1.71. The number of hydrogen-bond donors (Lipinski definition) is 1. The highest BCUT2D eigenvalue weighted by atomic mass is 35.5. The first-order chi connectivity index (χ1) is 7.34. The van der Waals surface area contributed by atoms with E-state index < -0.39 is 0 Å². The molecule has 1 aliphatic heterocycles. The molecule has 0 spiro atoms. The number of rotatable bonds is 4. The predicted molar refractivity (Wildman–Crippen MR) is 66.7 cm³/mol. The molecule has 1 saturated heterocycles. The van der Waals surface area contributed by atoms with Crippen LogP contribution in [-0.4, -0.2) is 29.1 Å². The first-order valence-corrected chi connectivity index (χ1v) is 6.79. The van der Waals surface area contributed by atoms with Crippen molar-refractivity contribution in [2.24, 2.45) is 0 Å². The van der Waals surface area contributed by atoms with E-state index in [0.717, 1.165) is 19.0 Å². The van der Waals surface area contributed by atoms with E-state index in [4.69, 9.17) is 11.6 Å². The van der Waals surface area contributed by atoms with Crippen molar-refractivity contribution in [3.63, 3.8) is 0 Å². The van der Waals surface area contributed by atoms with Crippen molar-refractivity contribution in [1.29, 1.82) is 0 Å². The fraction of sp³-hybridized carbons (Fsp3) is 0.545. The standard InChI is InChI=1S/C11H15ClN2S/c12-11-2-1-9(7-14-11)3-5-13-10-4-6-15-8-10/h1-2,7,10,13H,3-6,8H2. The molecule has 1 N–H and O–H groups in total. The summed E-state index contributed by atoms with van der Waals surface area (Å²) >= 11 is 7.76. The number of thioether (sulfide) groups is 1. The van der Waals surface area contributed by atoms with Gasteiger partial charge >= 0.3 is 0 Å². The molecule has 1 aromatic rings. The van der Waals surface area contributed by atoms with E-state index in [0.29, 0.717) is 5.15 Å². The second-order valence-electron chi connectivity index (χ2n) is 3.75. The highest BCUT2D eigenvalue weighted by Gasteiger charge is 2.13. The molecular formula is C11H15ClN2S. The molecule has 1 fully saturated rings. The maximum absolute atomic E-state index is 5.72. The summed E-state index contributed by atoms with van der Waals surface area (Å²) in [5.41, 5.74) is 1.25. The summed E-state index contributed by atoms with van der Waals surface area (Å²) in [7, 11) is 0. The van der Waals surface area contributed by atoms with Crippen LogP contribution in [0, 0.1) is 0 Å². The Labute approximate surface area is 99.8 Å². The summed E-state index contributed by atoms with van der Waals surface area (Å²) in [6.07, 6.45) is 4.20. The molecule has 1 aromatic heterocycles. The summed E-state index contributed by atoms with van der Waals surface area (Å²) in [6, 6.07) is 4.61. The fourth-order valence-corrected chi connectivity index (χ4v) is 2.97. The summed E-state index contributed by atoms with van der Waals surface area (Å²) in [5, 5.41) is 4.13. The van der Waals surface area contributed by atoms with Gasteiger partial charge in [0.1, 0.15) is 5.15 Å². The van der Waals surface area contributed by atoms with Crippen LogP contribution in [-0.2, 0) is 6.42 Å². The van der Waals surface area contributed by atoms with Crippen molar-refractivity contribution >= 4 is 23.4 Å². The van der Waals surface area contributed by atoms with Gasteiger partial charge in [-0.1, -0.05) is 17.7 Å². The zero-order chi connectivity index (χ0) is 10.5. The van der Waals surface area contributed by atoms with Gasteiger partial charge in [-0.25, -0.2) is 4.98 Å². The van der Waals surface area contributed by atoms with Crippen LogP contribution in [0.1, 0.15) is 12.0 Å². The van der Waals surface area contributed by atoms with Gasteiger partial charge in [-0.2, -0.15) is 11.8 Å². The van der Waals surface area contributed by atoms with Gasteiger partial charge in [0.05, 0.1) is 0 Å². The Morgan fingerprint density at radius 1 is 1.53 bits per heavy atom. The molecule has 0 amide bonds. The molecule has 1 unspecified atom stereocenters. The molecule has 0 saturated carbocycles. The summed E-state index contributed by atoms with van der Waals surface area (Å²) in [4.78, 5) is 4.06. The van der Waals surface area contributed by atoms with E-state index >= 15 is 0 Å². The normalized spacial score (nSPS) is 20.7. The highest BCUT2D eigenvalue weighted by Crippen LogP contribution is 2.16. The molecule has 2 rings (SSSR count). The minimum Gasteiger partial charge on any atom is -0.313 e. The van der Waals surface area contributed by atoms with Crippen molar-refractivity contribution in [1.82, 2.24) is 10.3 Å². The Kier molecular flexibility index (Phi) is 4.29. The van der Waals surface area contributed by atoms with Gasteiger partial charge < -0.3 is 5.32 Å². The van der Waals surface area contributed by atoms with Crippen LogP contribution in [0.25, 0.3) is 0 Å². The lowest BCUT2D eigenvalue weighted by Gasteiger charge is -2.10. The van der Waals surface area contributed by atoms with Crippen molar-refractivity contribution in [2.45, 2.75) is 18.9 Å². The Hall–Kier alpha value is -0.250. The average Bonchev–Trinajstić information content (AvgIpc) is 2.74. The number of hydrogen-bond acceptors (Lipinski definition) is 3. The van der Waals surface area contributed by atoms with Crippen LogP contribution in [0.4, 0.5) is 0 Å². The predicted octanol–water partition coefficient (Wildman–Crippen LogP) is 2.37. The van der Waals surface area contributed by atoms with E-state index in [1.165, 1.54) is 23.5 Å². The molecular weight excluding hydrogens is 228 g/mol. The zero-order valence-corrected chi connectivity index (χ0v) is 10.2. The maximum Gasteiger partial charge on any atom is 0.129 e. The quantitative estimate of drug-likeness (QED) is 0.821. The van der Waals surface area contributed by atoms with E-state index in [2.05, 4.69) is 10.3 Å². The van der Waals surface area contributed by atoms with E-state index in [1.807, 2.05) is 30.1 Å². The van der Waals surface area contributed by atoms with Gasteiger partial charge in [-0.05, 0) is 36.8 Å². The minimum atomic E-state index is 0.568. The van der Waals surface area contributed by atoms with Gasteiger partial charge in [0, 0.05) is 18.0 Å². The van der Waals surface area contributed by atoms with Crippen LogP contribution in [0.15, 0.2) is 18.3 Å². The lowest BCUT2D eigenvalue weighted by atomic mass is 10.2. The van der Waals surface area contributed by atoms with Crippen molar-refractivity contribution in [2.75, 3.05) is 18.1 Å². The summed E-state index contributed by atoms with van der Waals surface area (Å²) < 4.78 is 0. The zero-order valence-electron chi connectivity index (χ0n) is 8.58. The number of aromatic nitrogens is 1. The van der Waals surface area contributed by atoms with E-state index in [9.17, 15) is 0 Å². The van der Waals surface area contributed by atoms with Crippen LogP contribution in [0.2, 0.25) is 5.15 Å². The van der Waals surface area contributed by atoms with Gasteiger partial charge in [0.25, 0.3) is 0 Å². The molecule has 15 heavy (non-hydrogen) atoms. The Morgan fingerprint density at radius 3 is 3.13 bits per heavy atom. The van der Waals surface area contributed by atoms with Crippen molar-refractivity contribution < 1.29 is 0 Å². The molecule has 2 heterocycles. The number of nitrogens with zero attached hydrogens (tertiary/aromatic N) is 1. The lowest BCUT2D eigenvalue weighted by molar-refractivity contribution is 0.560. The average molecular weight is 243 g/mol. The molecule has 4 heteroatoms. The highest BCUT2D eigenvalue weighted by molar-refractivity contribution is 7.99. The van der Waals surface area contributed by atoms with Gasteiger partial charge in [0.2, 0.25) is 0 Å². The van der Waals surface area contributed by atoms with Crippen molar-refractivity contribution in [3.05, 3.63) is 29.0 Å². The molecule has 2 nitrogen and oxygen atoms in total. The molecule has 82 valence electrons. The van der Waals surface area contributed by atoms with Gasteiger partial charge in [-0.15, -0.1) is 0 Å². The first-order valence-electron chi connectivity index (χ1n) is 5.26. The Morgan fingerprint density at radius 2 is 2.47 bits per heavy atom. The second kappa shape index (κ2) is 5.73. The molecule has 0 radical (unpaired) electrons. The SMILES string of the molecule is Clc1ccc(CCNC2CCSC2)cn1. The summed E-state index contributed by atoms with van der Waals surface area (Å²) in [6.45, 7) is 1.04. The smallest absolute Gasteiger partial charge is 0.129 e. The van der Waals surface area contributed by atoms with Gasteiger partial charge in [-0.3, -0.25) is 0 Å². The third-order valence-electron chi connectivity index (χ3n) is 2.57. The molecule has 1 atom stereocenters. The molecule has 0 aromatic carbocycles. The number of pyridine rings is 1. The number of halogens is 1. The topological polar surface area (TPSA) is 24.9 Å². The molecule has 0 aliphatic carbocycles. The van der Waals surface area contributed by atoms with Crippen LogP contribution >= 0.6 is 23.4 Å². The van der Waals surface area contributed by atoms with E-state index in [-0.39, 0.29) is 0 Å². The second-order valence-corrected chi connectivity index (χ2v) is 5.29. The monoisotopic (exact) mass is 242 g/mol. The third kappa shape index (κ3) is 3.67. The van der Waals surface area contributed by atoms with E-state index in [1.54, 1.807) is 0 Å².